The molecule has 1 fully saturated rings. The van der Waals surface area contributed by atoms with Gasteiger partial charge >= 0.3 is 0 Å². The van der Waals surface area contributed by atoms with Gasteiger partial charge in [0.15, 0.2) is 11.9 Å². The lowest BCUT2D eigenvalue weighted by atomic mass is 9.76. The molecule has 2 aliphatic rings. The zero-order chi connectivity index (χ0) is 14.9. The van der Waals surface area contributed by atoms with Gasteiger partial charge in [0.1, 0.15) is 0 Å². The number of nitrogens with two attached hydrogens (primary N) is 1. The van der Waals surface area contributed by atoms with Crippen LogP contribution in [-0.4, -0.2) is 30.5 Å². The van der Waals surface area contributed by atoms with Crippen LogP contribution in [0.1, 0.15) is 12.8 Å². The Hall–Kier alpha value is -2.55. The van der Waals surface area contributed by atoms with E-state index < -0.39 is 11.5 Å². The molecule has 1 aromatic carbocycles. The predicted octanol–water partition coefficient (Wildman–Crippen LogP) is 0.610. The summed E-state index contributed by atoms with van der Waals surface area (Å²) < 4.78 is 0. The van der Waals surface area contributed by atoms with E-state index in [9.17, 15) is 10.1 Å². The van der Waals surface area contributed by atoms with E-state index in [1.807, 2.05) is 18.2 Å². The number of nitrogens with one attached hydrogen (secondary N) is 1. The average molecular weight is 283 g/mol. The molecular formula is C15H17N5O. The second kappa shape index (κ2) is 5.09. The summed E-state index contributed by atoms with van der Waals surface area (Å²) in [6.07, 6.45) is 1.29. The van der Waals surface area contributed by atoms with Crippen molar-refractivity contribution in [3.63, 3.8) is 0 Å². The minimum Gasteiger partial charge on any atom is -0.371 e. The van der Waals surface area contributed by atoms with Crippen LogP contribution in [0.25, 0.3) is 0 Å². The van der Waals surface area contributed by atoms with Crippen molar-refractivity contribution in [3.05, 3.63) is 30.3 Å². The third-order valence-electron chi connectivity index (χ3n) is 4.27. The number of guanidine groups is 1. The standard InChI is InChI=1S/C15H17N5O/c16-10-12-13(21)18-14(17)19-15(12)6-8-20(9-7-15)11-4-2-1-3-5-11/h1-5,12H,6-9H2,(H3,17,18,19,21). The Morgan fingerprint density at radius 1 is 1.33 bits per heavy atom. The van der Waals surface area contributed by atoms with E-state index in [4.69, 9.17) is 5.73 Å². The second-order valence-electron chi connectivity index (χ2n) is 5.47. The van der Waals surface area contributed by atoms with E-state index in [1.165, 1.54) is 0 Å². The highest BCUT2D eigenvalue weighted by Crippen LogP contribution is 2.37. The van der Waals surface area contributed by atoms with Gasteiger partial charge in [0.2, 0.25) is 5.91 Å². The lowest BCUT2D eigenvalue weighted by molar-refractivity contribution is -0.124. The fourth-order valence-electron chi connectivity index (χ4n) is 3.15. The van der Waals surface area contributed by atoms with Gasteiger partial charge in [-0.3, -0.25) is 10.1 Å². The van der Waals surface area contributed by atoms with Gasteiger partial charge in [-0.05, 0) is 25.0 Å². The molecule has 1 unspecified atom stereocenters. The third-order valence-corrected chi connectivity index (χ3v) is 4.27. The molecule has 0 bridgehead atoms. The number of rotatable bonds is 1. The quantitative estimate of drug-likeness (QED) is 0.789. The number of anilines is 1. The summed E-state index contributed by atoms with van der Waals surface area (Å²) in [6, 6.07) is 12.2. The van der Waals surface area contributed by atoms with Crippen LogP contribution < -0.4 is 16.0 Å². The number of piperidine rings is 1. The number of nitriles is 1. The van der Waals surface area contributed by atoms with Crippen molar-refractivity contribution in [2.24, 2.45) is 16.6 Å². The molecule has 0 saturated carbocycles. The Morgan fingerprint density at radius 2 is 2.00 bits per heavy atom. The van der Waals surface area contributed by atoms with Crippen LogP contribution in [0.3, 0.4) is 0 Å². The summed E-state index contributed by atoms with van der Waals surface area (Å²) in [5.74, 6) is -0.972. The molecule has 0 aromatic heterocycles. The molecule has 2 aliphatic heterocycles. The summed E-state index contributed by atoms with van der Waals surface area (Å²) in [5.41, 5.74) is 6.17. The largest absolute Gasteiger partial charge is 0.371 e. The number of para-hydroxylation sites is 1. The molecule has 108 valence electrons. The molecular weight excluding hydrogens is 266 g/mol. The highest BCUT2D eigenvalue weighted by Gasteiger charge is 2.48. The number of hydrogen-bond acceptors (Lipinski definition) is 5. The van der Waals surface area contributed by atoms with E-state index in [0.29, 0.717) is 12.8 Å². The van der Waals surface area contributed by atoms with Gasteiger partial charge in [-0.1, -0.05) is 18.2 Å². The van der Waals surface area contributed by atoms with Crippen LogP contribution in [0.4, 0.5) is 5.69 Å². The first kappa shape index (κ1) is 13.4. The first-order chi connectivity index (χ1) is 10.1. The Labute approximate surface area is 123 Å². The van der Waals surface area contributed by atoms with Crippen molar-refractivity contribution in [2.75, 3.05) is 18.0 Å². The van der Waals surface area contributed by atoms with Crippen molar-refractivity contribution in [1.29, 1.82) is 5.26 Å². The number of carbonyl (C=O) groups excluding carboxylic acids is 1. The summed E-state index contributed by atoms with van der Waals surface area (Å²) in [4.78, 5) is 18.6. The Kier molecular flexibility index (Phi) is 3.26. The number of carbonyl (C=O) groups is 1. The molecule has 0 aliphatic carbocycles. The average Bonchev–Trinajstić information content (AvgIpc) is 2.48. The van der Waals surface area contributed by atoms with Crippen LogP contribution >= 0.6 is 0 Å². The van der Waals surface area contributed by atoms with Gasteiger partial charge in [0.05, 0.1) is 11.6 Å². The third kappa shape index (κ3) is 2.31. The molecule has 0 radical (unpaired) electrons. The molecule has 1 spiro atoms. The van der Waals surface area contributed by atoms with Gasteiger partial charge in [-0.25, -0.2) is 4.99 Å². The van der Waals surface area contributed by atoms with Crippen LogP contribution in [0.15, 0.2) is 35.3 Å². The number of nitrogens with zero attached hydrogens (tertiary/aromatic N) is 3. The smallest absolute Gasteiger partial charge is 0.246 e. The zero-order valence-corrected chi connectivity index (χ0v) is 11.6. The Bertz CT molecular complexity index is 611. The molecule has 6 nitrogen and oxygen atoms in total. The van der Waals surface area contributed by atoms with E-state index >= 15 is 0 Å². The van der Waals surface area contributed by atoms with E-state index in [1.54, 1.807) is 0 Å². The molecule has 6 heteroatoms. The molecule has 3 rings (SSSR count). The maximum atomic E-state index is 12.0. The highest BCUT2D eigenvalue weighted by molar-refractivity contribution is 6.01. The predicted molar refractivity (Wildman–Crippen MR) is 79.5 cm³/mol. The number of hydrogen-bond donors (Lipinski definition) is 2. The second-order valence-corrected chi connectivity index (χ2v) is 5.47. The lowest BCUT2D eigenvalue weighted by Crippen LogP contribution is -2.58. The SMILES string of the molecule is N#CC1C(=O)NC(N)=NC12CCN(c1ccccc1)CC2. The van der Waals surface area contributed by atoms with Crippen molar-refractivity contribution in [1.82, 2.24) is 5.32 Å². The molecule has 21 heavy (non-hydrogen) atoms. The molecule has 3 N–H and O–H groups in total. The maximum absolute atomic E-state index is 12.0. The maximum Gasteiger partial charge on any atom is 0.246 e. The van der Waals surface area contributed by atoms with Crippen molar-refractivity contribution in [2.45, 2.75) is 18.4 Å². The monoisotopic (exact) mass is 283 g/mol. The van der Waals surface area contributed by atoms with Crippen LogP contribution in [-0.2, 0) is 4.79 Å². The van der Waals surface area contributed by atoms with Crippen molar-refractivity contribution < 1.29 is 4.79 Å². The summed E-state index contributed by atoms with van der Waals surface area (Å²) in [6.45, 7) is 1.51. The molecule has 1 aromatic rings. The normalized spacial score (nSPS) is 24.1. The number of aliphatic imine (C=N–C) groups is 1. The summed E-state index contributed by atoms with van der Waals surface area (Å²) in [5, 5.41) is 11.8. The van der Waals surface area contributed by atoms with E-state index in [0.717, 1.165) is 18.8 Å². The molecule has 1 amide bonds. The van der Waals surface area contributed by atoms with Crippen LogP contribution in [0.5, 0.6) is 0 Å². The lowest BCUT2D eigenvalue weighted by Gasteiger charge is -2.43. The van der Waals surface area contributed by atoms with Gasteiger partial charge in [-0.15, -0.1) is 0 Å². The first-order valence-corrected chi connectivity index (χ1v) is 7.00. The van der Waals surface area contributed by atoms with Gasteiger partial charge in [0.25, 0.3) is 0 Å². The van der Waals surface area contributed by atoms with Gasteiger partial charge in [0, 0.05) is 18.8 Å². The zero-order valence-electron chi connectivity index (χ0n) is 11.6. The summed E-state index contributed by atoms with van der Waals surface area (Å²) >= 11 is 0. The van der Waals surface area contributed by atoms with E-state index in [2.05, 4.69) is 33.4 Å². The van der Waals surface area contributed by atoms with Crippen LogP contribution in [0.2, 0.25) is 0 Å². The fourth-order valence-corrected chi connectivity index (χ4v) is 3.15. The minimum absolute atomic E-state index is 0.125. The molecule has 1 saturated heterocycles. The van der Waals surface area contributed by atoms with Crippen molar-refractivity contribution >= 4 is 17.6 Å². The Balaban J connectivity index is 1.82. The van der Waals surface area contributed by atoms with E-state index in [-0.39, 0.29) is 11.9 Å². The minimum atomic E-state index is -0.761. The summed E-state index contributed by atoms with van der Waals surface area (Å²) in [7, 11) is 0. The molecule has 2 heterocycles. The number of benzene rings is 1. The number of amides is 1. The topological polar surface area (TPSA) is 94.5 Å². The first-order valence-electron chi connectivity index (χ1n) is 7.00. The fraction of sp³-hybridized carbons (Fsp3) is 0.400. The van der Waals surface area contributed by atoms with Gasteiger partial charge < -0.3 is 10.6 Å². The van der Waals surface area contributed by atoms with Crippen LogP contribution in [0, 0.1) is 17.2 Å². The highest BCUT2D eigenvalue weighted by atomic mass is 16.2. The van der Waals surface area contributed by atoms with Gasteiger partial charge in [-0.2, -0.15) is 5.26 Å². The van der Waals surface area contributed by atoms with Crippen molar-refractivity contribution in [3.8, 4) is 6.07 Å². The Morgan fingerprint density at radius 3 is 2.62 bits per heavy atom. The molecule has 1 atom stereocenters.